The highest BCUT2D eigenvalue weighted by Crippen LogP contribution is 2.28. The number of ether oxygens (including phenoxy) is 1. The smallest absolute Gasteiger partial charge is 0.408 e. The molecule has 3 atom stereocenters. The van der Waals surface area contributed by atoms with E-state index in [1.165, 1.54) is 0 Å². The van der Waals surface area contributed by atoms with Gasteiger partial charge in [0.2, 0.25) is 17.7 Å². The predicted octanol–water partition coefficient (Wildman–Crippen LogP) is 1.29. The summed E-state index contributed by atoms with van der Waals surface area (Å²) in [6.07, 6.45) is 2.04. The molecule has 0 aromatic heterocycles. The van der Waals surface area contributed by atoms with Crippen molar-refractivity contribution in [2.75, 3.05) is 6.54 Å². The molecule has 11 nitrogen and oxygen atoms in total. The van der Waals surface area contributed by atoms with E-state index in [9.17, 15) is 24.0 Å². The number of carbonyl (C=O) groups excluding carboxylic acids is 4. The maximum Gasteiger partial charge on any atom is 0.408 e. The van der Waals surface area contributed by atoms with E-state index in [2.05, 4.69) is 16.0 Å². The van der Waals surface area contributed by atoms with Crippen molar-refractivity contribution < 1.29 is 33.8 Å². The van der Waals surface area contributed by atoms with E-state index in [4.69, 9.17) is 15.6 Å². The van der Waals surface area contributed by atoms with Crippen LogP contribution in [0.3, 0.4) is 0 Å². The number of aliphatic carboxylic acids is 1. The van der Waals surface area contributed by atoms with Gasteiger partial charge >= 0.3 is 12.1 Å². The molecule has 0 spiro atoms. The molecule has 0 radical (unpaired) electrons. The summed E-state index contributed by atoms with van der Waals surface area (Å²) >= 11 is 0. The molecule has 34 heavy (non-hydrogen) atoms. The number of nitrogens with one attached hydrogen (secondary N) is 3. The second-order valence-corrected chi connectivity index (χ2v) is 10.0. The van der Waals surface area contributed by atoms with Gasteiger partial charge in [-0.05, 0) is 58.3 Å². The number of hydrogen-bond acceptors (Lipinski definition) is 6. The second kappa shape index (κ2) is 13.1. The minimum Gasteiger partial charge on any atom is -0.480 e. The molecule has 1 aliphatic carbocycles. The van der Waals surface area contributed by atoms with Gasteiger partial charge in [0.1, 0.15) is 17.7 Å². The van der Waals surface area contributed by atoms with E-state index < -0.39 is 48.0 Å². The van der Waals surface area contributed by atoms with Crippen LogP contribution < -0.4 is 21.7 Å². The molecule has 0 aromatic rings. The van der Waals surface area contributed by atoms with Crippen LogP contribution in [0.25, 0.3) is 0 Å². The molecule has 3 unspecified atom stereocenters. The van der Waals surface area contributed by atoms with Crippen molar-refractivity contribution in [2.45, 2.75) is 90.8 Å². The van der Waals surface area contributed by atoms with Crippen molar-refractivity contribution in [3.05, 3.63) is 0 Å². The summed E-state index contributed by atoms with van der Waals surface area (Å²) in [5, 5.41) is 17.1. The van der Waals surface area contributed by atoms with Gasteiger partial charge in [0.25, 0.3) is 0 Å². The van der Waals surface area contributed by atoms with Crippen molar-refractivity contribution >= 4 is 29.8 Å². The first-order valence-electron chi connectivity index (χ1n) is 11.8. The lowest BCUT2D eigenvalue weighted by molar-refractivity contribution is -0.144. The average Bonchev–Trinajstić information content (AvgIpc) is 2.73. The lowest BCUT2D eigenvalue weighted by atomic mass is 9.81. The Morgan fingerprint density at radius 2 is 1.65 bits per heavy atom. The molecule has 194 valence electrons. The van der Waals surface area contributed by atoms with Crippen molar-refractivity contribution in [3.63, 3.8) is 0 Å². The average molecular weight is 485 g/mol. The maximum absolute atomic E-state index is 12.8. The van der Waals surface area contributed by atoms with E-state index in [1.807, 2.05) is 13.8 Å². The van der Waals surface area contributed by atoms with Crippen LogP contribution in [0.4, 0.5) is 4.79 Å². The van der Waals surface area contributed by atoms with Crippen LogP contribution in [-0.2, 0) is 23.9 Å². The SMILES string of the molecule is CCC(C)C(NC(=O)OC(C)(C)C)C(=O)NCC1CCC(C(=O)NC(CC(N)=O)C(=O)O)CC1. The van der Waals surface area contributed by atoms with Gasteiger partial charge in [-0.1, -0.05) is 20.3 Å². The Morgan fingerprint density at radius 1 is 1.06 bits per heavy atom. The molecular formula is C23H40N4O7. The van der Waals surface area contributed by atoms with Gasteiger partial charge in [0, 0.05) is 12.5 Å². The largest absolute Gasteiger partial charge is 0.480 e. The molecule has 0 bridgehead atoms. The number of nitrogens with two attached hydrogens (primary N) is 1. The molecule has 11 heteroatoms. The highest BCUT2D eigenvalue weighted by Gasteiger charge is 2.32. The number of amides is 4. The Morgan fingerprint density at radius 3 is 2.12 bits per heavy atom. The van der Waals surface area contributed by atoms with Gasteiger partial charge in [-0.2, -0.15) is 0 Å². The third kappa shape index (κ3) is 10.4. The van der Waals surface area contributed by atoms with Crippen LogP contribution in [0.1, 0.15) is 73.1 Å². The zero-order chi connectivity index (χ0) is 26.1. The fraction of sp³-hybridized carbons (Fsp3) is 0.783. The number of primary amides is 1. The monoisotopic (exact) mass is 484 g/mol. The summed E-state index contributed by atoms with van der Waals surface area (Å²) in [5.41, 5.74) is 4.37. The normalized spacial score (nSPS) is 20.9. The number of alkyl carbamates (subject to hydrolysis) is 1. The standard InChI is InChI=1S/C23H40N4O7/c1-6-13(2)18(27-22(33)34-23(3,4)5)20(30)25-12-14-7-9-15(10-8-14)19(29)26-16(21(31)32)11-17(24)28/h13-16,18H,6-12H2,1-5H3,(H2,24,28)(H,25,30)(H,26,29)(H,27,33)(H,31,32). The molecule has 1 saturated carbocycles. The molecule has 0 saturated heterocycles. The first-order valence-corrected chi connectivity index (χ1v) is 11.8. The van der Waals surface area contributed by atoms with Gasteiger partial charge in [-0.3, -0.25) is 14.4 Å². The zero-order valence-electron chi connectivity index (χ0n) is 20.8. The highest BCUT2D eigenvalue weighted by molar-refractivity contribution is 5.89. The summed E-state index contributed by atoms with van der Waals surface area (Å²) < 4.78 is 5.27. The summed E-state index contributed by atoms with van der Waals surface area (Å²) in [7, 11) is 0. The lowest BCUT2D eigenvalue weighted by Crippen LogP contribution is -2.52. The van der Waals surface area contributed by atoms with Crippen molar-refractivity contribution in [2.24, 2.45) is 23.5 Å². The number of carboxylic acid groups (broad SMARTS) is 1. The number of hydrogen-bond donors (Lipinski definition) is 5. The van der Waals surface area contributed by atoms with E-state index in [1.54, 1.807) is 20.8 Å². The molecule has 0 heterocycles. The van der Waals surface area contributed by atoms with Crippen molar-refractivity contribution in [1.29, 1.82) is 0 Å². The summed E-state index contributed by atoms with van der Waals surface area (Å²) in [6.45, 7) is 9.49. The summed E-state index contributed by atoms with van der Waals surface area (Å²) in [6, 6.07) is -2.06. The maximum atomic E-state index is 12.8. The van der Waals surface area contributed by atoms with E-state index in [0.717, 1.165) is 0 Å². The van der Waals surface area contributed by atoms with Gasteiger partial charge in [-0.25, -0.2) is 9.59 Å². The molecule has 1 rings (SSSR count). The number of rotatable bonds is 11. The van der Waals surface area contributed by atoms with Crippen LogP contribution in [0, 0.1) is 17.8 Å². The summed E-state index contributed by atoms with van der Waals surface area (Å²) in [4.78, 5) is 59.6. The van der Waals surface area contributed by atoms with Crippen molar-refractivity contribution in [3.8, 4) is 0 Å². The molecule has 1 fully saturated rings. The zero-order valence-corrected chi connectivity index (χ0v) is 20.8. The number of carboxylic acids is 1. The molecular weight excluding hydrogens is 444 g/mol. The molecule has 0 aromatic carbocycles. The van der Waals surface area contributed by atoms with E-state index in [0.29, 0.717) is 38.6 Å². The Kier molecular flexibility index (Phi) is 11.3. The van der Waals surface area contributed by atoms with Crippen molar-refractivity contribution in [1.82, 2.24) is 16.0 Å². The Bertz CT molecular complexity index is 742. The minimum absolute atomic E-state index is 0.0884. The van der Waals surface area contributed by atoms with Gasteiger partial charge in [0.05, 0.1) is 6.42 Å². The van der Waals surface area contributed by atoms with Gasteiger partial charge in [0.15, 0.2) is 0 Å². The minimum atomic E-state index is -1.34. The van der Waals surface area contributed by atoms with E-state index in [-0.39, 0.29) is 23.7 Å². The Labute approximate surface area is 200 Å². The second-order valence-electron chi connectivity index (χ2n) is 10.0. The lowest BCUT2D eigenvalue weighted by Gasteiger charge is -2.30. The molecule has 0 aliphatic heterocycles. The summed E-state index contributed by atoms with van der Waals surface area (Å²) in [5.74, 6) is -3.08. The van der Waals surface area contributed by atoms with Crippen LogP contribution >= 0.6 is 0 Å². The third-order valence-corrected chi connectivity index (χ3v) is 5.97. The molecule has 4 amide bonds. The Hall–Kier alpha value is -2.85. The fourth-order valence-corrected chi connectivity index (χ4v) is 3.81. The Balaban J connectivity index is 2.55. The predicted molar refractivity (Wildman–Crippen MR) is 124 cm³/mol. The number of carbonyl (C=O) groups is 5. The first kappa shape index (κ1) is 29.2. The third-order valence-electron chi connectivity index (χ3n) is 5.97. The molecule has 6 N–H and O–H groups in total. The first-order chi connectivity index (χ1) is 15.7. The van der Waals surface area contributed by atoms with Gasteiger partial charge in [-0.15, -0.1) is 0 Å². The van der Waals surface area contributed by atoms with Crippen LogP contribution in [0.2, 0.25) is 0 Å². The van der Waals surface area contributed by atoms with Crippen LogP contribution in [-0.4, -0.2) is 59.1 Å². The molecule has 1 aliphatic rings. The highest BCUT2D eigenvalue weighted by atomic mass is 16.6. The van der Waals surface area contributed by atoms with Crippen LogP contribution in [0.15, 0.2) is 0 Å². The topological polar surface area (TPSA) is 177 Å². The quantitative estimate of drug-likeness (QED) is 0.293. The van der Waals surface area contributed by atoms with Crippen LogP contribution in [0.5, 0.6) is 0 Å². The van der Waals surface area contributed by atoms with Gasteiger partial charge < -0.3 is 31.5 Å². The fourth-order valence-electron chi connectivity index (χ4n) is 3.81. The van der Waals surface area contributed by atoms with E-state index >= 15 is 0 Å².